The summed E-state index contributed by atoms with van der Waals surface area (Å²) >= 11 is 0. The molecule has 1 heterocycles. The van der Waals surface area contributed by atoms with E-state index in [9.17, 15) is 5.11 Å². The van der Waals surface area contributed by atoms with Crippen molar-refractivity contribution in [3.63, 3.8) is 0 Å². The van der Waals surface area contributed by atoms with Crippen LogP contribution in [0.2, 0.25) is 0 Å². The Morgan fingerprint density at radius 3 is 2.37 bits per heavy atom. The van der Waals surface area contributed by atoms with Gasteiger partial charge in [0.15, 0.2) is 5.88 Å². The van der Waals surface area contributed by atoms with Crippen LogP contribution in [0.15, 0.2) is 84.6 Å². The van der Waals surface area contributed by atoms with Gasteiger partial charge in [-0.1, -0.05) is 24.3 Å². The van der Waals surface area contributed by atoms with Gasteiger partial charge >= 0.3 is 0 Å². The van der Waals surface area contributed by atoms with Crippen LogP contribution in [-0.4, -0.2) is 9.67 Å². The average Bonchev–Trinajstić information content (AvgIpc) is 3.13. The van der Waals surface area contributed by atoms with Crippen molar-refractivity contribution in [3.05, 3.63) is 84.6 Å². The number of allylic oxidation sites excluding steroid dienone is 5. The first-order chi connectivity index (χ1) is 9.34. The Bertz CT molecular complexity index is 650. The minimum absolute atomic E-state index is 0.157. The zero-order valence-electron chi connectivity index (χ0n) is 10.3. The van der Waals surface area contributed by atoms with E-state index >= 15 is 0 Å². The third-order valence-corrected chi connectivity index (χ3v) is 2.98. The molecule has 2 N–H and O–H groups in total. The summed E-state index contributed by atoms with van der Waals surface area (Å²) in [5.41, 5.74) is 2.63. The largest absolute Gasteiger partial charge is 0.494 e. The Hall–Kier alpha value is -2.68. The Labute approximate surface area is 111 Å². The standard InChI is InChI=1S/C16H14N2O/c19-16(13-7-1-2-8-13)17-14-9-3-4-10-15(14)18-11-5-6-12-18/h1-12,17,19H. The van der Waals surface area contributed by atoms with Crippen LogP contribution >= 0.6 is 0 Å². The van der Waals surface area contributed by atoms with Gasteiger partial charge in [0.05, 0.1) is 11.4 Å². The third-order valence-electron chi connectivity index (χ3n) is 2.98. The van der Waals surface area contributed by atoms with E-state index in [2.05, 4.69) is 5.32 Å². The van der Waals surface area contributed by atoms with Crippen molar-refractivity contribution < 1.29 is 5.11 Å². The quantitative estimate of drug-likeness (QED) is 0.813. The molecule has 3 rings (SSSR count). The van der Waals surface area contributed by atoms with E-state index < -0.39 is 0 Å². The molecule has 1 aliphatic carbocycles. The number of aromatic nitrogens is 1. The van der Waals surface area contributed by atoms with Gasteiger partial charge in [-0.15, -0.1) is 0 Å². The highest BCUT2D eigenvalue weighted by molar-refractivity contribution is 5.64. The van der Waals surface area contributed by atoms with Gasteiger partial charge in [0.1, 0.15) is 0 Å². The SMILES string of the molecule is OC(Nc1ccccc1-n1cccc1)=C1C=CC=C1. The topological polar surface area (TPSA) is 37.2 Å². The lowest BCUT2D eigenvalue weighted by Gasteiger charge is -2.13. The summed E-state index contributed by atoms with van der Waals surface area (Å²) in [7, 11) is 0. The highest BCUT2D eigenvalue weighted by Gasteiger charge is 2.07. The number of aliphatic hydroxyl groups excluding tert-OH is 1. The number of hydrogen-bond donors (Lipinski definition) is 2. The zero-order chi connectivity index (χ0) is 13.1. The number of nitrogens with one attached hydrogen (secondary N) is 1. The second-order valence-electron chi connectivity index (χ2n) is 4.25. The minimum Gasteiger partial charge on any atom is -0.494 e. The maximum atomic E-state index is 10.1. The summed E-state index contributed by atoms with van der Waals surface area (Å²) in [5.74, 6) is 0.157. The zero-order valence-corrected chi connectivity index (χ0v) is 10.3. The Balaban J connectivity index is 1.96. The van der Waals surface area contributed by atoms with E-state index in [0.717, 1.165) is 16.9 Å². The number of benzene rings is 1. The normalized spacial score (nSPS) is 12.9. The molecule has 0 saturated heterocycles. The first kappa shape index (κ1) is 11.4. The van der Waals surface area contributed by atoms with Crippen molar-refractivity contribution >= 4 is 5.69 Å². The minimum atomic E-state index is 0.157. The molecule has 0 saturated carbocycles. The van der Waals surface area contributed by atoms with Crippen LogP contribution in [0.25, 0.3) is 5.69 Å². The molecule has 0 amide bonds. The third kappa shape index (κ3) is 2.31. The molecule has 2 aromatic rings. The molecule has 0 bridgehead atoms. The summed E-state index contributed by atoms with van der Waals surface area (Å²) in [4.78, 5) is 0. The first-order valence-electron chi connectivity index (χ1n) is 6.12. The van der Waals surface area contributed by atoms with Crippen molar-refractivity contribution in [2.75, 3.05) is 5.32 Å². The van der Waals surface area contributed by atoms with Crippen LogP contribution in [0.3, 0.4) is 0 Å². The summed E-state index contributed by atoms with van der Waals surface area (Å²) < 4.78 is 2.00. The second-order valence-corrected chi connectivity index (χ2v) is 4.25. The number of hydrogen-bond acceptors (Lipinski definition) is 2. The van der Waals surface area contributed by atoms with Gasteiger partial charge in [-0.05, 0) is 36.4 Å². The molecule has 1 aromatic heterocycles. The fourth-order valence-corrected chi connectivity index (χ4v) is 2.03. The van der Waals surface area contributed by atoms with E-state index in [0.29, 0.717) is 0 Å². The van der Waals surface area contributed by atoms with Crippen molar-refractivity contribution in [3.8, 4) is 5.69 Å². The van der Waals surface area contributed by atoms with Crippen LogP contribution in [-0.2, 0) is 0 Å². The lowest BCUT2D eigenvalue weighted by atomic mass is 10.2. The molecule has 0 aliphatic heterocycles. The Morgan fingerprint density at radius 1 is 0.947 bits per heavy atom. The fraction of sp³-hybridized carbons (Fsp3) is 0. The highest BCUT2D eigenvalue weighted by Crippen LogP contribution is 2.22. The summed E-state index contributed by atoms with van der Waals surface area (Å²) in [6.45, 7) is 0. The van der Waals surface area contributed by atoms with E-state index in [1.165, 1.54) is 0 Å². The average molecular weight is 250 g/mol. The molecule has 94 valence electrons. The predicted octanol–water partition coefficient (Wildman–Crippen LogP) is 3.78. The van der Waals surface area contributed by atoms with Crippen LogP contribution in [0, 0.1) is 0 Å². The summed E-state index contributed by atoms with van der Waals surface area (Å²) in [6, 6.07) is 11.8. The molecule has 1 aliphatic rings. The van der Waals surface area contributed by atoms with Gasteiger partial charge in [-0.25, -0.2) is 0 Å². The van der Waals surface area contributed by atoms with Crippen molar-refractivity contribution in [2.24, 2.45) is 0 Å². The van der Waals surface area contributed by atoms with Crippen LogP contribution in [0.1, 0.15) is 0 Å². The molecule has 0 atom stereocenters. The van der Waals surface area contributed by atoms with Gasteiger partial charge in [0, 0.05) is 18.0 Å². The maximum Gasteiger partial charge on any atom is 0.196 e. The lowest BCUT2D eigenvalue weighted by Crippen LogP contribution is -2.04. The molecule has 3 heteroatoms. The molecular formula is C16H14N2O. The predicted molar refractivity (Wildman–Crippen MR) is 77.3 cm³/mol. The molecule has 3 nitrogen and oxygen atoms in total. The molecule has 0 spiro atoms. The van der Waals surface area contributed by atoms with E-state index in [1.54, 1.807) is 0 Å². The number of anilines is 1. The van der Waals surface area contributed by atoms with Gasteiger partial charge in [0.25, 0.3) is 0 Å². The van der Waals surface area contributed by atoms with Crippen molar-refractivity contribution in [1.82, 2.24) is 4.57 Å². The molecular weight excluding hydrogens is 236 g/mol. The van der Waals surface area contributed by atoms with E-state index in [1.807, 2.05) is 77.7 Å². The van der Waals surface area contributed by atoms with Crippen molar-refractivity contribution in [1.29, 1.82) is 0 Å². The lowest BCUT2D eigenvalue weighted by molar-refractivity contribution is 0.416. The Morgan fingerprint density at radius 2 is 1.63 bits per heavy atom. The number of aliphatic hydroxyl groups is 1. The first-order valence-corrected chi connectivity index (χ1v) is 6.12. The number of para-hydroxylation sites is 2. The number of nitrogens with zero attached hydrogens (tertiary/aromatic N) is 1. The van der Waals surface area contributed by atoms with Gasteiger partial charge in [-0.2, -0.15) is 0 Å². The molecule has 1 aromatic carbocycles. The maximum absolute atomic E-state index is 10.1. The highest BCUT2D eigenvalue weighted by atomic mass is 16.3. The van der Waals surface area contributed by atoms with Gasteiger partial charge in [0.2, 0.25) is 0 Å². The summed E-state index contributed by atoms with van der Waals surface area (Å²) in [5, 5.41) is 13.1. The second kappa shape index (κ2) is 4.90. The van der Waals surface area contributed by atoms with Crippen LogP contribution < -0.4 is 5.32 Å². The Kier molecular flexibility index (Phi) is 2.94. The van der Waals surface area contributed by atoms with E-state index in [-0.39, 0.29) is 5.88 Å². The van der Waals surface area contributed by atoms with Crippen molar-refractivity contribution in [2.45, 2.75) is 0 Å². The van der Waals surface area contributed by atoms with Crippen LogP contribution in [0.5, 0.6) is 0 Å². The molecule has 0 fully saturated rings. The molecule has 19 heavy (non-hydrogen) atoms. The smallest absolute Gasteiger partial charge is 0.196 e. The summed E-state index contributed by atoms with van der Waals surface area (Å²) in [6.07, 6.45) is 11.5. The van der Waals surface area contributed by atoms with Gasteiger partial charge < -0.3 is 15.0 Å². The fourth-order valence-electron chi connectivity index (χ4n) is 2.03. The van der Waals surface area contributed by atoms with E-state index in [4.69, 9.17) is 0 Å². The van der Waals surface area contributed by atoms with Crippen LogP contribution in [0.4, 0.5) is 5.69 Å². The monoisotopic (exact) mass is 250 g/mol. The molecule has 0 unspecified atom stereocenters. The van der Waals surface area contributed by atoms with Gasteiger partial charge in [-0.3, -0.25) is 0 Å². The number of rotatable bonds is 3. The molecule has 0 radical (unpaired) electrons.